The Bertz CT molecular complexity index is 390. The van der Waals surface area contributed by atoms with Gasteiger partial charge in [0.05, 0.1) is 18.8 Å². The minimum atomic E-state index is -0.386. The monoisotopic (exact) mass is 251 g/mol. The summed E-state index contributed by atoms with van der Waals surface area (Å²) in [5, 5.41) is 12.4. The van der Waals surface area contributed by atoms with Gasteiger partial charge in [0.15, 0.2) is 0 Å². The van der Waals surface area contributed by atoms with Crippen molar-refractivity contribution in [3.63, 3.8) is 0 Å². The Morgan fingerprint density at radius 2 is 2.06 bits per heavy atom. The molecule has 0 aliphatic heterocycles. The van der Waals surface area contributed by atoms with Gasteiger partial charge < -0.3 is 15.2 Å². The van der Waals surface area contributed by atoms with Gasteiger partial charge in [-0.1, -0.05) is 26.0 Å². The Labute approximate surface area is 108 Å². The lowest BCUT2D eigenvalue weighted by Crippen LogP contribution is -2.28. The van der Waals surface area contributed by atoms with Gasteiger partial charge in [-0.3, -0.25) is 4.79 Å². The Morgan fingerprint density at radius 1 is 1.39 bits per heavy atom. The quantitative estimate of drug-likeness (QED) is 0.811. The molecule has 0 saturated carbocycles. The molecule has 0 aromatic heterocycles. The van der Waals surface area contributed by atoms with Crippen LogP contribution in [0, 0.1) is 5.92 Å². The molecule has 1 rings (SSSR count). The highest BCUT2D eigenvalue weighted by Gasteiger charge is 2.12. The first-order chi connectivity index (χ1) is 8.56. The average molecular weight is 251 g/mol. The summed E-state index contributed by atoms with van der Waals surface area (Å²) in [6.07, 6.45) is 0.168. The van der Waals surface area contributed by atoms with Crippen LogP contribution in [-0.4, -0.2) is 30.8 Å². The first kappa shape index (κ1) is 14.5. The average Bonchev–Trinajstić information content (AvgIpc) is 2.38. The topological polar surface area (TPSA) is 58.6 Å². The molecule has 0 bridgehead atoms. The number of amides is 1. The lowest BCUT2D eigenvalue weighted by molar-refractivity contribution is 0.0917. The molecule has 1 atom stereocenters. The number of benzene rings is 1. The van der Waals surface area contributed by atoms with Gasteiger partial charge in [-0.2, -0.15) is 0 Å². The summed E-state index contributed by atoms with van der Waals surface area (Å²) >= 11 is 0. The van der Waals surface area contributed by atoms with Crippen LogP contribution in [0.5, 0.6) is 5.75 Å². The van der Waals surface area contributed by atoms with E-state index in [9.17, 15) is 9.90 Å². The smallest absolute Gasteiger partial charge is 0.255 e. The zero-order valence-corrected chi connectivity index (χ0v) is 11.1. The molecule has 0 saturated heterocycles. The minimum Gasteiger partial charge on any atom is -0.496 e. The molecule has 0 fully saturated rings. The molecule has 18 heavy (non-hydrogen) atoms. The molecule has 0 aliphatic rings. The predicted molar refractivity (Wildman–Crippen MR) is 70.8 cm³/mol. The van der Waals surface area contributed by atoms with Crippen molar-refractivity contribution in [2.45, 2.75) is 26.4 Å². The van der Waals surface area contributed by atoms with Gasteiger partial charge in [0.1, 0.15) is 5.75 Å². The second-order valence-electron chi connectivity index (χ2n) is 4.56. The number of carbonyl (C=O) groups excluding carboxylic acids is 1. The van der Waals surface area contributed by atoms with Gasteiger partial charge >= 0.3 is 0 Å². The lowest BCUT2D eigenvalue weighted by atomic mass is 10.0. The van der Waals surface area contributed by atoms with E-state index in [-0.39, 0.29) is 17.9 Å². The van der Waals surface area contributed by atoms with Crippen molar-refractivity contribution in [1.29, 1.82) is 0 Å². The maximum Gasteiger partial charge on any atom is 0.255 e. The third-order valence-electron chi connectivity index (χ3n) is 2.85. The number of nitrogens with one attached hydrogen (secondary N) is 1. The number of hydrogen-bond donors (Lipinski definition) is 2. The van der Waals surface area contributed by atoms with Gasteiger partial charge in [-0.05, 0) is 24.5 Å². The second-order valence-corrected chi connectivity index (χ2v) is 4.56. The van der Waals surface area contributed by atoms with E-state index < -0.39 is 0 Å². The SMILES string of the molecule is COc1ccccc1C(=O)NCCC(O)C(C)C. The van der Waals surface area contributed by atoms with Crippen molar-refractivity contribution in [1.82, 2.24) is 5.32 Å². The van der Waals surface area contributed by atoms with Crippen LogP contribution in [0.25, 0.3) is 0 Å². The fourth-order valence-electron chi connectivity index (χ4n) is 1.59. The molecule has 1 amide bonds. The first-order valence-corrected chi connectivity index (χ1v) is 6.15. The second kappa shape index (κ2) is 7.01. The largest absolute Gasteiger partial charge is 0.496 e. The predicted octanol–water partition coefficient (Wildman–Crippen LogP) is 1.83. The van der Waals surface area contributed by atoms with Crippen molar-refractivity contribution in [2.75, 3.05) is 13.7 Å². The van der Waals surface area contributed by atoms with E-state index in [4.69, 9.17) is 4.74 Å². The summed E-state index contributed by atoms with van der Waals surface area (Å²) in [6.45, 7) is 4.36. The van der Waals surface area contributed by atoms with Gasteiger partial charge in [0.2, 0.25) is 0 Å². The van der Waals surface area contributed by atoms with Crippen LogP contribution in [0.4, 0.5) is 0 Å². The molecular formula is C14H21NO3. The van der Waals surface area contributed by atoms with E-state index in [0.717, 1.165) is 0 Å². The lowest BCUT2D eigenvalue weighted by Gasteiger charge is -2.15. The highest BCUT2D eigenvalue weighted by Crippen LogP contribution is 2.16. The summed E-state index contributed by atoms with van der Waals surface area (Å²) in [5.74, 6) is 0.580. The zero-order valence-electron chi connectivity index (χ0n) is 11.1. The van der Waals surface area contributed by atoms with Crippen molar-refractivity contribution >= 4 is 5.91 Å². The minimum absolute atomic E-state index is 0.177. The fraction of sp³-hybridized carbons (Fsp3) is 0.500. The van der Waals surface area contributed by atoms with Crippen molar-refractivity contribution in [3.05, 3.63) is 29.8 Å². The molecule has 0 radical (unpaired) electrons. The van der Waals surface area contributed by atoms with Crippen LogP contribution in [0.1, 0.15) is 30.6 Å². The summed E-state index contributed by atoms with van der Waals surface area (Å²) in [5.41, 5.74) is 0.513. The van der Waals surface area contributed by atoms with Crippen LogP contribution in [0.2, 0.25) is 0 Å². The van der Waals surface area contributed by atoms with Gasteiger partial charge in [-0.15, -0.1) is 0 Å². The Morgan fingerprint density at radius 3 is 2.67 bits per heavy atom. The van der Waals surface area contributed by atoms with Crippen molar-refractivity contribution in [3.8, 4) is 5.75 Å². The summed E-state index contributed by atoms with van der Waals surface area (Å²) in [7, 11) is 1.54. The number of rotatable bonds is 6. The van der Waals surface area contributed by atoms with E-state index in [1.807, 2.05) is 19.9 Å². The number of ether oxygens (including phenoxy) is 1. The molecular weight excluding hydrogens is 230 g/mol. The number of methoxy groups -OCH3 is 1. The molecule has 1 aromatic rings. The van der Waals surface area contributed by atoms with Gasteiger partial charge in [0, 0.05) is 6.54 Å². The third kappa shape index (κ3) is 4.04. The zero-order chi connectivity index (χ0) is 13.5. The van der Waals surface area contributed by atoms with Crippen LogP contribution >= 0.6 is 0 Å². The molecule has 0 spiro atoms. The summed E-state index contributed by atoms with van der Waals surface area (Å²) < 4.78 is 5.12. The Hall–Kier alpha value is -1.55. The molecule has 4 heteroatoms. The maximum absolute atomic E-state index is 11.9. The van der Waals surface area contributed by atoms with E-state index in [0.29, 0.717) is 24.3 Å². The van der Waals surface area contributed by atoms with Gasteiger partial charge in [-0.25, -0.2) is 0 Å². The van der Waals surface area contributed by atoms with Crippen molar-refractivity contribution < 1.29 is 14.6 Å². The molecule has 2 N–H and O–H groups in total. The van der Waals surface area contributed by atoms with Crippen LogP contribution in [0.3, 0.4) is 0 Å². The third-order valence-corrected chi connectivity index (χ3v) is 2.85. The first-order valence-electron chi connectivity index (χ1n) is 6.15. The summed E-state index contributed by atoms with van der Waals surface area (Å²) in [4.78, 5) is 11.9. The molecule has 1 aromatic carbocycles. The highest BCUT2D eigenvalue weighted by atomic mass is 16.5. The number of carbonyl (C=O) groups is 1. The standard InChI is InChI=1S/C14H21NO3/c1-10(2)12(16)8-9-15-14(17)11-6-4-5-7-13(11)18-3/h4-7,10,12,16H,8-9H2,1-3H3,(H,15,17). The van der Waals surface area contributed by atoms with E-state index in [2.05, 4.69) is 5.32 Å². The van der Waals surface area contributed by atoms with E-state index >= 15 is 0 Å². The molecule has 100 valence electrons. The number of aliphatic hydroxyl groups excluding tert-OH is 1. The van der Waals surface area contributed by atoms with Crippen LogP contribution < -0.4 is 10.1 Å². The molecule has 4 nitrogen and oxygen atoms in total. The van der Waals surface area contributed by atoms with Crippen LogP contribution in [0.15, 0.2) is 24.3 Å². The fourth-order valence-corrected chi connectivity index (χ4v) is 1.59. The van der Waals surface area contributed by atoms with E-state index in [1.165, 1.54) is 7.11 Å². The molecule has 0 aliphatic carbocycles. The van der Waals surface area contributed by atoms with Crippen LogP contribution in [-0.2, 0) is 0 Å². The van der Waals surface area contributed by atoms with Crippen molar-refractivity contribution in [2.24, 2.45) is 5.92 Å². The number of para-hydroxylation sites is 1. The number of hydrogen-bond acceptors (Lipinski definition) is 3. The number of aliphatic hydroxyl groups is 1. The highest BCUT2D eigenvalue weighted by molar-refractivity contribution is 5.96. The Kier molecular flexibility index (Phi) is 5.65. The molecule has 1 unspecified atom stereocenters. The summed E-state index contributed by atoms with van der Waals surface area (Å²) in [6, 6.07) is 7.07. The Balaban J connectivity index is 2.50. The normalized spacial score (nSPS) is 12.3. The molecule has 0 heterocycles. The van der Waals surface area contributed by atoms with E-state index in [1.54, 1.807) is 18.2 Å². The maximum atomic E-state index is 11.9. The van der Waals surface area contributed by atoms with Gasteiger partial charge in [0.25, 0.3) is 5.91 Å².